The highest BCUT2D eigenvalue weighted by atomic mass is 16.5. The molecular weight excluding hydrogens is 158 g/mol. The SMILES string of the molecule is O=C1NC=COc2cnncc21. The number of carbonyl (C=O) groups excluding carboxylic acids is 1. The molecule has 1 N–H and O–H groups in total. The molecule has 1 amide bonds. The molecule has 0 spiro atoms. The van der Waals surface area contributed by atoms with Crippen molar-refractivity contribution in [2.75, 3.05) is 0 Å². The molecule has 0 bridgehead atoms. The van der Waals surface area contributed by atoms with E-state index < -0.39 is 0 Å². The van der Waals surface area contributed by atoms with Crippen LogP contribution in [0.15, 0.2) is 24.9 Å². The average Bonchev–Trinajstić information content (AvgIpc) is 2.29. The summed E-state index contributed by atoms with van der Waals surface area (Å²) >= 11 is 0. The Balaban J connectivity index is 2.52. The first-order valence-corrected chi connectivity index (χ1v) is 3.31. The van der Waals surface area contributed by atoms with Gasteiger partial charge in [-0.2, -0.15) is 10.2 Å². The van der Waals surface area contributed by atoms with Crippen LogP contribution in [0.2, 0.25) is 0 Å². The van der Waals surface area contributed by atoms with Crippen molar-refractivity contribution in [3.8, 4) is 5.75 Å². The van der Waals surface area contributed by atoms with E-state index in [0.717, 1.165) is 0 Å². The maximum atomic E-state index is 11.2. The standard InChI is InChI=1S/C7H5N3O2/c11-7-5-3-9-10-4-6(5)12-2-1-8-7/h1-4H,(H,8,11). The molecular formula is C7H5N3O2. The molecule has 1 aliphatic rings. The number of amides is 1. The Labute approximate surface area is 68.1 Å². The van der Waals surface area contributed by atoms with Crippen molar-refractivity contribution < 1.29 is 9.53 Å². The van der Waals surface area contributed by atoms with Crippen molar-refractivity contribution >= 4 is 5.91 Å². The summed E-state index contributed by atoms with van der Waals surface area (Å²) < 4.78 is 5.05. The number of aromatic nitrogens is 2. The van der Waals surface area contributed by atoms with E-state index in [1.807, 2.05) is 0 Å². The van der Waals surface area contributed by atoms with Gasteiger partial charge in [0, 0.05) is 6.20 Å². The van der Waals surface area contributed by atoms with Gasteiger partial charge in [-0.05, 0) is 0 Å². The zero-order valence-electron chi connectivity index (χ0n) is 6.02. The van der Waals surface area contributed by atoms with Gasteiger partial charge in [-0.1, -0.05) is 0 Å². The van der Waals surface area contributed by atoms with Gasteiger partial charge in [0.05, 0.1) is 12.4 Å². The minimum atomic E-state index is -0.242. The van der Waals surface area contributed by atoms with Gasteiger partial charge in [0.2, 0.25) is 0 Å². The predicted octanol–water partition coefficient (Wildman–Crippen LogP) is 0.0700. The molecule has 0 fully saturated rings. The summed E-state index contributed by atoms with van der Waals surface area (Å²) in [5.74, 6) is 0.171. The molecule has 0 aliphatic carbocycles. The van der Waals surface area contributed by atoms with Crippen LogP contribution in [0.1, 0.15) is 10.4 Å². The van der Waals surface area contributed by atoms with E-state index in [9.17, 15) is 4.79 Å². The number of carbonyl (C=O) groups is 1. The molecule has 60 valence electrons. The van der Waals surface area contributed by atoms with E-state index in [2.05, 4.69) is 15.5 Å². The second kappa shape index (κ2) is 2.61. The third kappa shape index (κ3) is 1.01. The van der Waals surface area contributed by atoms with Crippen LogP contribution in [0.4, 0.5) is 0 Å². The summed E-state index contributed by atoms with van der Waals surface area (Å²) in [6, 6.07) is 0. The van der Waals surface area contributed by atoms with Gasteiger partial charge in [0.25, 0.3) is 5.91 Å². The molecule has 0 saturated heterocycles. The second-order valence-electron chi connectivity index (χ2n) is 2.16. The lowest BCUT2D eigenvalue weighted by Crippen LogP contribution is -2.16. The second-order valence-corrected chi connectivity index (χ2v) is 2.16. The Kier molecular flexibility index (Phi) is 1.48. The summed E-state index contributed by atoms with van der Waals surface area (Å²) in [5, 5.41) is 9.65. The Morgan fingerprint density at radius 1 is 1.33 bits per heavy atom. The van der Waals surface area contributed by atoms with Crippen molar-refractivity contribution in [3.05, 3.63) is 30.4 Å². The van der Waals surface area contributed by atoms with Crippen molar-refractivity contribution in [2.24, 2.45) is 0 Å². The minimum absolute atomic E-state index is 0.242. The van der Waals surface area contributed by atoms with Gasteiger partial charge in [0.15, 0.2) is 5.75 Å². The van der Waals surface area contributed by atoms with Crippen molar-refractivity contribution in [3.63, 3.8) is 0 Å². The average molecular weight is 163 g/mol. The number of hydrogen-bond donors (Lipinski definition) is 1. The fourth-order valence-corrected chi connectivity index (χ4v) is 0.869. The normalized spacial score (nSPS) is 14.2. The minimum Gasteiger partial charge on any atom is -0.461 e. The molecule has 0 saturated carbocycles. The van der Waals surface area contributed by atoms with E-state index in [4.69, 9.17) is 4.74 Å². The molecule has 1 aliphatic heterocycles. The third-order valence-corrected chi connectivity index (χ3v) is 1.42. The molecule has 0 aromatic carbocycles. The van der Waals surface area contributed by atoms with Crippen LogP contribution in [0, 0.1) is 0 Å². The highest BCUT2D eigenvalue weighted by Crippen LogP contribution is 2.16. The van der Waals surface area contributed by atoms with E-state index in [1.165, 1.54) is 24.9 Å². The van der Waals surface area contributed by atoms with E-state index in [0.29, 0.717) is 11.3 Å². The number of hydrogen-bond acceptors (Lipinski definition) is 4. The van der Waals surface area contributed by atoms with Crippen LogP contribution in [0.5, 0.6) is 5.75 Å². The molecule has 12 heavy (non-hydrogen) atoms. The lowest BCUT2D eigenvalue weighted by molar-refractivity contribution is 0.0970. The van der Waals surface area contributed by atoms with E-state index >= 15 is 0 Å². The summed E-state index contributed by atoms with van der Waals surface area (Å²) in [7, 11) is 0. The van der Waals surface area contributed by atoms with Crippen molar-refractivity contribution in [1.82, 2.24) is 15.5 Å². The lowest BCUT2D eigenvalue weighted by atomic mass is 10.3. The van der Waals surface area contributed by atoms with Crippen LogP contribution >= 0.6 is 0 Å². The zero-order valence-corrected chi connectivity index (χ0v) is 6.02. The predicted molar refractivity (Wildman–Crippen MR) is 39.3 cm³/mol. The fraction of sp³-hybridized carbons (Fsp3) is 0. The summed E-state index contributed by atoms with van der Waals surface area (Å²) in [5.41, 5.74) is 0.384. The van der Waals surface area contributed by atoms with Gasteiger partial charge in [0.1, 0.15) is 11.8 Å². The third-order valence-electron chi connectivity index (χ3n) is 1.42. The molecule has 0 atom stereocenters. The molecule has 1 aromatic heterocycles. The largest absolute Gasteiger partial charge is 0.461 e. The van der Waals surface area contributed by atoms with E-state index in [1.54, 1.807) is 0 Å². The first-order chi connectivity index (χ1) is 5.88. The van der Waals surface area contributed by atoms with Gasteiger partial charge >= 0.3 is 0 Å². The smallest absolute Gasteiger partial charge is 0.260 e. The Morgan fingerprint density at radius 3 is 3.08 bits per heavy atom. The number of nitrogens with one attached hydrogen (secondary N) is 1. The van der Waals surface area contributed by atoms with Gasteiger partial charge < -0.3 is 10.1 Å². The van der Waals surface area contributed by atoms with Crippen LogP contribution < -0.4 is 10.1 Å². The molecule has 2 heterocycles. The number of fused-ring (bicyclic) bond motifs is 1. The molecule has 5 heteroatoms. The Hall–Kier alpha value is -1.91. The summed E-state index contributed by atoms with van der Waals surface area (Å²) in [4.78, 5) is 11.2. The molecule has 2 rings (SSSR count). The summed E-state index contributed by atoms with van der Waals surface area (Å²) in [6.45, 7) is 0. The van der Waals surface area contributed by atoms with Crippen molar-refractivity contribution in [2.45, 2.75) is 0 Å². The van der Waals surface area contributed by atoms with Crippen LogP contribution in [0.25, 0.3) is 0 Å². The Morgan fingerprint density at radius 2 is 2.17 bits per heavy atom. The van der Waals surface area contributed by atoms with Crippen LogP contribution in [0.3, 0.4) is 0 Å². The fourth-order valence-electron chi connectivity index (χ4n) is 0.869. The molecule has 0 unspecified atom stereocenters. The molecule has 1 aromatic rings. The number of ether oxygens (including phenoxy) is 1. The summed E-state index contributed by atoms with van der Waals surface area (Å²) in [6.07, 6.45) is 5.55. The highest BCUT2D eigenvalue weighted by Gasteiger charge is 2.13. The first-order valence-electron chi connectivity index (χ1n) is 3.31. The molecule has 5 nitrogen and oxygen atoms in total. The monoisotopic (exact) mass is 163 g/mol. The van der Waals surface area contributed by atoms with E-state index in [-0.39, 0.29) is 5.91 Å². The topological polar surface area (TPSA) is 64.1 Å². The number of nitrogens with zero attached hydrogens (tertiary/aromatic N) is 2. The van der Waals surface area contributed by atoms with Gasteiger partial charge in [-0.3, -0.25) is 4.79 Å². The molecule has 0 radical (unpaired) electrons. The van der Waals surface area contributed by atoms with Gasteiger partial charge in [-0.25, -0.2) is 0 Å². The maximum absolute atomic E-state index is 11.2. The van der Waals surface area contributed by atoms with Crippen LogP contribution in [-0.4, -0.2) is 16.1 Å². The Bertz CT molecular complexity index is 348. The lowest BCUT2D eigenvalue weighted by Gasteiger charge is -2.00. The van der Waals surface area contributed by atoms with Gasteiger partial charge in [-0.15, -0.1) is 0 Å². The maximum Gasteiger partial charge on any atom is 0.260 e. The highest BCUT2D eigenvalue weighted by molar-refractivity contribution is 5.97. The van der Waals surface area contributed by atoms with Crippen LogP contribution in [-0.2, 0) is 0 Å². The van der Waals surface area contributed by atoms with Crippen molar-refractivity contribution in [1.29, 1.82) is 0 Å². The first kappa shape index (κ1) is 6.78. The zero-order chi connectivity index (χ0) is 8.39. The number of rotatable bonds is 0. The quantitative estimate of drug-likeness (QED) is 0.587.